The monoisotopic (exact) mass is 299 g/mol. The second kappa shape index (κ2) is 9.90. The van der Waals surface area contributed by atoms with Gasteiger partial charge in [0.25, 0.3) is 0 Å². The second-order valence-corrected chi connectivity index (χ2v) is 6.58. The van der Waals surface area contributed by atoms with Crippen LogP contribution in [0.25, 0.3) is 0 Å². The molecule has 0 aliphatic rings. The number of ketones is 1. The highest BCUT2D eigenvalue weighted by Crippen LogP contribution is 1.99. The van der Waals surface area contributed by atoms with E-state index in [2.05, 4.69) is 9.80 Å². The quantitative estimate of drug-likeness (QED) is 0.608. The first-order chi connectivity index (χ1) is 9.65. The van der Waals surface area contributed by atoms with Crippen LogP contribution in [0.2, 0.25) is 0 Å². The fourth-order valence-corrected chi connectivity index (χ4v) is 1.85. The lowest BCUT2D eigenvalue weighted by Gasteiger charge is -2.25. The van der Waals surface area contributed by atoms with E-state index < -0.39 is 0 Å². The number of hydrogen-bond donors (Lipinski definition) is 0. The van der Waals surface area contributed by atoms with Crippen molar-refractivity contribution in [2.24, 2.45) is 11.8 Å². The Morgan fingerprint density at radius 2 is 1.24 bits per heavy atom. The molecule has 0 aromatic heterocycles. The molecule has 0 unspecified atom stereocenters. The van der Waals surface area contributed by atoms with Gasteiger partial charge in [-0.15, -0.1) is 0 Å². The maximum Gasteiger partial charge on any atom is 0.224 e. The predicted molar refractivity (Wildman–Crippen MR) is 87.3 cm³/mol. The van der Waals surface area contributed by atoms with Gasteiger partial charge in [-0.25, -0.2) is 0 Å². The SMILES string of the molecule is CC(C)C(=O)CN(C)CCN(C)CCN(C)C(=O)C(C)C. The van der Waals surface area contributed by atoms with Crippen LogP contribution in [0, 0.1) is 11.8 Å². The summed E-state index contributed by atoms with van der Waals surface area (Å²) in [5.41, 5.74) is 0. The highest BCUT2D eigenvalue weighted by Gasteiger charge is 2.14. The molecular formula is C16H33N3O2. The normalized spacial score (nSPS) is 11.8. The summed E-state index contributed by atoms with van der Waals surface area (Å²) in [5.74, 6) is 0.611. The summed E-state index contributed by atoms with van der Waals surface area (Å²) in [5, 5.41) is 0. The lowest BCUT2D eigenvalue weighted by atomic mass is 10.1. The molecule has 0 aliphatic carbocycles. The molecule has 124 valence electrons. The minimum atomic E-state index is 0.0495. The van der Waals surface area contributed by atoms with Crippen LogP contribution in [-0.4, -0.2) is 80.3 Å². The van der Waals surface area contributed by atoms with Crippen LogP contribution in [-0.2, 0) is 9.59 Å². The summed E-state index contributed by atoms with van der Waals surface area (Å²) < 4.78 is 0. The van der Waals surface area contributed by atoms with Crippen LogP contribution in [0.4, 0.5) is 0 Å². The van der Waals surface area contributed by atoms with Crippen molar-refractivity contribution in [2.75, 3.05) is 53.9 Å². The van der Waals surface area contributed by atoms with E-state index in [4.69, 9.17) is 0 Å². The zero-order chi connectivity index (χ0) is 16.6. The maximum atomic E-state index is 11.8. The summed E-state index contributed by atoms with van der Waals surface area (Å²) in [6, 6.07) is 0. The van der Waals surface area contributed by atoms with Gasteiger partial charge in [0.1, 0.15) is 5.78 Å². The Bertz CT molecular complexity index is 329. The third-order valence-corrected chi connectivity index (χ3v) is 3.62. The standard InChI is InChI=1S/C16H33N3O2/c1-13(2)15(20)12-18(6)9-8-17(5)10-11-19(7)16(21)14(3)4/h13-14H,8-12H2,1-7H3. The van der Waals surface area contributed by atoms with E-state index in [0.717, 1.165) is 26.2 Å². The lowest BCUT2D eigenvalue weighted by Crippen LogP contribution is -2.40. The number of carbonyl (C=O) groups excluding carboxylic acids is 2. The molecule has 0 saturated heterocycles. The molecule has 0 bridgehead atoms. The van der Waals surface area contributed by atoms with Crippen LogP contribution in [0.1, 0.15) is 27.7 Å². The molecule has 0 aromatic carbocycles. The van der Waals surface area contributed by atoms with Gasteiger partial charge in [0.05, 0.1) is 6.54 Å². The fourth-order valence-electron chi connectivity index (χ4n) is 1.85. The van der Waals surface area contributed by atoms with Gasteiger partial charge < -0.3 is 9.80 Å². The predicted octanol–water partition coefficient (Wildman–Crippen LogP) is 1.19. The summed E-state index contributed by atoms with van der Waals surface area (Å²) >= 11 is 0. The van der Waals surface area contributed by atoms with E-state index in [9.17, 15) is 9.59 Å². The van der Waals surface area contributed by atoms with Crippen molar-refractivity contribution in [3.05, 3.63) is 0 Å². The van der Waals surface area contributed by atoms with Gasteiger partial charge in [-0.05, 0) is 14.1 Å². The molecule has 0 aromatic rings. The number of carbonyl (C=O) groups is 2. The van der Waals surface area contributed by atoms with Crippen molar-refractivity contribution in [2.45, 2.75) is 27.7 Å². The maximum absolute atomic E-state index is 11.8. The first-order valence-electron chi connectivity index (χ1n) is 7.79. The lowest BCUT2D eigenvalue weighted by molar-refractivity contribution is -0.133. The fraction of sp³-hybridized carbons (Fsp3) is 0.875. The van der Waals surface area contributed by atoms with E-state index in [-0.39, 0.29) is 23.5 Å². The van der Waals surface area contributed by atoms with Crippen molar-refractivity contribution in [1.82, 2.24) is 14.7 Å². The van der Waals surface area contributed by atoms with Crippen LogP contribution in [0.15, 0.2) is 0 Å². The van der Waals surface area contributed by atoms with Crippen LogP contribution >= 0.6 is 0 Å². The van der Waals surface area contributed by atoms with E-state index in [1.54, 1.807) is 4.90 Å². The molecule has 0 radical (unpaired) electrons. The number of rotatable bonds is 10. The van der Waals surface area contributed by atoms with Crippen molar-refractivity contribution < 1.29 is 9.59 Å². The molecular weight excluding hydrogens is 266 g/mol. The Kier molecular flexibility index (Phi) is 9.46. The highest BCUT2D eigenvalue weighted by molar-refractivity contribution is 5.82. The van der Waals surface area contributed by atoms with E-state index in [1.807, 2.05) is 48.8 Å². The molecule has 5 nitrogen and oxygen atoms in total. The van der Waals surface area contributed by atoms with E-state index in [1.165, 1.54) is 0 Å². The number of Topliss-reactive ketones (excluding diaryl/α,β-unsaturated/α-hetero) is 1. The van der Waals surface area contributed by atoms with Crippen molar-refractivity contribution in [3.63, 3.8) is 0 Å². The molecule has 0 N–H and O–H groups in total. The van der Waals surface area contributed by atoms with Crippen LogP contribution in [0.3, 0.4) is 0 Å². The van der Waals surface area contributed by atoms with Gasteiger partial charge >= 0.3 is 0 Å². The third-order valence-electron chi connectivity index (χ3n) is 3.62. The minimum absolute atomic E-state index is 0.0495. The summed E-state index contributed by atoms with van der Waals surface area (Å²) in [4.78, 5) is 29.5. The van der Waals surface area contributed by atoms with Crippen molar-refractivity contribution in [1.29, 1.82) is 0 Å². The molecule has 0 rings (SSSR count). The second-order valence-electron chi connectivity index (χ2n) is 6.58. The molecule has 1 amide bonds. The highest BCUT2D eigenvalue weighted by atomic mass is 16.2. The molecule has 21 heavy (non-hydrogen) atoms. The van der Waals surface area contributed by atoms with Gasteiger partial charge in [-0.1, -0.05) is 27.7 Å². The largest absolute Gasteiger partial charge is 0.344 e. The summed E-state index contributed by atoms with van der Waals surface area (Å²) in [6.45, 7) is 11.6. The van der Waals surface area contributed by atoms with Gasteiger partial charge in [0, 0.05) is 45.1 Å². The van der Waals surface area contributed by atoms with E-state index >= 15 is 0 Å². The van der Waals surface area contributed by atoms with Crippen LogP contribution < -0.4 is 0 Å². The molecule has 0 heterocycles. The minimum Gasteiger partial charge on any atom is -0.344 e. The number of likely N-dealkylation sites (N-methyl/N-ethyl adjacent to an activating group) is 3. The zero-order valence-electron chi connectivity index (χ0n) is 14.8. The van der Waals surface area contributed by atoms with Gasteiger partial charge in [0.15, 0.2) is 0 Å². The van der Waals surface area contributed by atoms with Gasteiger partial charge in [-0.2, -0.15) is 0 Å². The summed E-state index contributed by atoms with van der Waals surface area (Å²) in [7, 11) is 5.87. The third kappa shape index (κ3) is 8.83. The Labute approximate surface area is 130 Å². The average Bonchev–Trinajstić information content (AvgIpc) is 2.41. The van der Waals surface area contributed by atoms with Gasteiger partial charge in [-0.3, -0.25) is 14.5 Å². The molecule has 0 atom stereocenters. The Morgan fingerprint density at radius 1 is 0.762 bits per heavy atom. The average molecular weight is 299 g/mol. The van der Waals surface area contributed by atoms with Crippen LogP contribution in [0.5, 0.6) is 0 Å². The molecule has 0 aliphatic heterocycles. The Balaban J connectivity index is 3.92. The summed E-state index contributed by atoms with van der Waals surface area (Å²) in [6.07, 6.45) is 0. The van der Waals surface area contributed by atoms with E-state index in [0.29, 0.717) is 6.54 Å². The number of amides is 1. The molecule has 5 heteroatoms. The zero-order valence-corrected chi connectivity index (χ0v) is 14.8. The van der Waals surface area contributed by atoms with Gasteiger partial charge in [0.2, 0.25) is 5.91 Å². The van der Waals surface area contributed by atoms with Crippen molar-refractivity contribution in [3.8, 4) is 0 Å². The number of nitrogens with zero attached hydrogens (tertiary/aromatic N) is 3. The smallest absolute Gasteiger partial charge is 0.224 e. The first-order valence-corrected chi connectivity index (χ1v) is 7.79. The Hall–Kier alpha value is -0.940. The molecule has 0 spiro atoms. The number of hydrogen-bond acceptors (Lipinski definition) is 4. The Morgan fingerprint density at radius 3 is 1.71 bits per heavy atom. The topological polar surface area (TPSA) is 43.9 Å². The molecule has 0 saturated carbocycles. The van der Waals surface area contributed by atoms with Crippen molar-refractivity contribution >= 4 is 11.7 Å². The first kappa shape index (κ1) is 20.1. The molecule has 0 fully saturated rings.